The summed E-state index contributed by atoms with van der Waals surface area (Å²) in [7, 11) is 0. The number of H-pyrrole nitrogens is 1. The zero-order chi connectivity index (χ0) is 13.4. The second-order valence-electron chi connectivity index (χ2n) is 5.15. The number of likely N-dealkylation sites (N-methyl/N-ethyl adjacent to an activating group) is 1. The van der Waals surface area contributed by atoms with E-state index in [9.17, 15) is 4.79 Å². The van der Waals surface area contributed by atoms with Gasteiger partial charge >= 0.3 is 5.69 Å². The summed E-state index contributed by atoms with van der Waals surface area (Å²) in [6, 6.07) is 5.80. The van der Waals surface area contributed by atoms with Gasteiger partial charge in [0.05, 0.1) is 17.1 Å². The SMILES string of the molecule is CCN1CCCC(n2c(=O)[nH]c3ccc(Cl)cc32)C1. The lowest BCUT2D eigenvalue weighted by Gasteiger charge is -2.32. The summed E-state index contributed by atoms with van der Waals surface area (Å²) < 4.78 is 1.88. The number of benzene rings is 1. The molecule has 0 spiro atoms. The number of rotatable bonds is 2. The molecule has 3 rings (SSSR count). The molecule has 0 amide bonds. The number of imidazole rings is 1. The van der Waals surface area contributed by atoms with Crippen LogP contribution in [0.2, 0.25) is 5.02 Å². The summed E-state index contributed by atoms with van der Waals surface area (Å²) in [4.78, 5) is 17.5. The number of nitrogens with one attached hydrogen (secondary N) is 1. The maximum absolute atomic E-state index is 12.2. The fourth-order valence-electron chi connectivity index (χ4n) is 2.99. The van der Waals surface area contributed by atoms with E-state index in [1.165, 1.54) is 0 Å². The van der Waals surface area contributed by atoms with Crippen LogP contribution in [0.25, 0.3) is 11.0 Å². The minimum absolute atomic E-state index is 0.0276. The smallest absolute Gasteiger partial charge is 0.306 e. The zero-order valence-corrected chi connectivity index (χ0v) is 11.8. The van der Waals surface area contributed by atoms with E-state index in [1.807, 2.05) is 22.8 Å². The zero-order valence-electron chi connectivity index (χ0n) is 11.0. The lowest BCUT2D eigenvalue weighted by molar-refractivity contribution is 0.185. The van der Waals surface area contributed by atoms with Gasteiger partial charge < -0.3 is 9.88 Å². The highest BCUT2D eigenvalue weighted by Gasteiger charge is 2.23. The summed E-state index contributed by atoms with van der Waals surface area (Å²) in [6.45, 7) is 5.27. The van der Waals surface area contributed by atoms with Crippen LogP contribution in [0, 0.1) is 0 Å². The molecule has 1 N–H and O–H groups in total. The predicted octanol–water partition coefficient (Wildman–Crippen LogP) is 2.64. The fraction of sp³-hybridized carbons (Fsp3) is 0.500. The number of hydrogen-bond acceptors (Lipinski definition) is 2. The molecule has 1 aliphatic heterocycles. The molecule has 0 saturated carbocycles. The average molecular weight is 280 g/mol. The van der Waals surface area contributed by atoms with Crippen LogP contribution >= 0.6 is 11.6 Å². The number of halogens is 1. The minimum atomic E-state index is -0.0276. The van der Waals surface area contributed by atoms with Crippen LogP contribution in [0.3, 0.4) is 0 Å². The molecule has 19 heavy (non-hydrogen) atoms. The first-order valence-electron chi connectivity index (χ1n) is 6.81. The Morgan fingerprint density at radius 2 is 2.32 bits per heavy atom. The molecule has 1 fully saturated rings. The first kappa shape index (κ1) is 12.8. The van der Waals surface area contributed by atoms with Crippen molar-refractivity contribution >= 4 is 22.6 Å². The van der Waals surface area contributed by atoms with E-state index in [1.54, 1.807) is 0 Å². The van der Waals surface area contributed by atoms with Crippen LogP contribution in [-0.2, 0) is 0 Å². The Labute approximate surface area is 117 Å². The maximum Gasteiger partial charge on any atom is 0.326 e. The highest BCUT2D eigenvalue weighted by Crippen LogP contribution is 2.25. The Bertz CT molecular complexity index is 646. The molecule has 0 radical (unpaired) electrons. The summed E-state index contributed by atoms with van der Waals surface area (Å²) >= 11 is 6.06. The van der Waals surface area contributed by atoms with E-state index in [-0.39, 0.29) is 11.7 Å². The number of aromatic amines is 1. The first-order chi connectivity index (χ1) is 9.19. The fourth-order valence-corrected chi connectivity index (χ4v) is 3.15. The number of fused-ring (bicyclic) bond motifs is 1. The van der Waals surface area contributed by atoms with Crippen molar-refractivity contribution in [1.82, 2.24) is 14.5 Å². The van der Waals surface area contributed by atoms with Crippen LogP contribution in [0.15, 0.2) is 23.0 Å². The van der Waals surface area contributed by atoms with Gasteiger partial charge in [-0.1, -0.05) is 18.5 Å². The molecule has 2 heterocycles. The van der Waals surface area contributed by atoms with Crippen molar-refractivity contribution in [3.8, 4) is 0 Å². The monoisotopic (exact) mass is 279 g/mol. The van der Waals surface area contributed by atoms with Crippen molar-refractivity contribution < 1.29 is 0 Å². The minimum Gasteiger partial charge on any atom is -0.306 e. The van der Waals surface area contributed by atoms with Crippen LogP contribution in [-0.4, -0.2) is 34.1 Å². The van der Waals surface area contributed by atoms with E-state index in [4.69, 9.17) is 11.6 Å². The lowest BCUT2D eigenvalue weighted by atomic mass is 10.1. The van der Waals surface area contributed by atoms with E-state index in [0.717, 1.165) is 43.5 Å². The second-order valence-corrected chi connectivity index (χ2v) is 5.59. The standard InChI is InChI=1S/C14H18ClN3O/c1-2-17-7-3-4-11(9-17)18-13-8-10(15)5-6-12(13)16-14(18)19/h5-6,8,11H,2-4,7,9H2,1H3,(H,16,19). The summed E-state index contributed by atoms with van der Waals surface area (Å²) in [5.41, 5.74) is 1.75. The molecule has 0 bridgehead atoms. The van der Waals surface area contributed by atoms with Gasteiger partial charge in [-0.15, -0.1) is 0 Å². The number of piperidine rings is 1. The van der Waals surface area contributed by atoms with Crippen molar-refractivity contribution in [1.29, 1.82) is 0 Å². The quantitative estimate of drug-likeness (QED) is 0.918. The topological polar surface area (TPSA) is 41.0 Å². The molecule has 4 nitrogen and oxygen atoms in total. The molecular weight excluding hydrogens is 262 g/mol. The molecule has 1 atom stereocenters. The van der Waals surface area contributed by atoms with Crippen LogP contribution in [0.5, 0.6) is 0 Å². The van der Waals surface area contributed by atoms with E-state index < -0.39 is 0 Å². The second kappa shape index (κ2) is 5.02. The number of aromatic nitrogens is 2. The van der Waals surface area contributed by atoms with Gasteiger partial charge in [-0.2, -0.15) is 0 Å². The van der Waals surface area contributed by atoms with Crippen LogP contribution < -0.4 is 5.69 Å². The van der Waals surface area contributed by atoms with Gasteiger partial charge in [-0.3, -0.25) is 4.57 Å². The third kappa shape index (κ3) is 2.30. The molecule has 1 aromatic carbocycles. The first-order valence-corrected chi connectivity index (χ1v) is 7.19. The van der Waals surface area contributed by atoms with Gasteiger partial charge in [0.1, 0.15) is 0 Å². The largest absolute Gasteiger partial charge is 0.326 e. The Morgan fingerprint density at radius 3 is 3.11 bits per heavy atom. The molecule has 1 aliphatic rings. The van der Waals surface area contributed by atoms with Gasteiger partial charge in [0.2, 0.25) is 0 Å². The Balaban J connectivity index is 2.06. The molecule has 5 heteroatoms. The van der Waals surface area contributed by atoms with E-state index in [0.29, 0.717) is 5.02 Å². The van der Waals surface area contributed by atoms with Gasteiger partial charge in [0.25, 0.3) is 0 Å². The number of nitrogens with zero attached hydrogens (tertiary/aromatic N) is 2. The molecule has 1 saturated heterocycles. The normalized spacial score (nSPS) is 21.1. The third-order valence-electron chi connectivity index (χ3n) is 3.97. The van der Waals surface area contributed by atoms with Crippen LogP contribution in [0.4, 0.5) is 0 Å². The third-order valence-corrected chi connectivity index (χ3v) is 4.21. The molecule has 102 valence electrons. The summed E-state index contributed by atoms with van der Waals surface area (Å²) in [6.07, 6.45) is 2.19. The molecule has 0 aliphatic carbocycles. The highest BCUT2D eigenvalue weighted by atomic mass is 35.5. The Hall–Kier alpha value is -1.26. The molecular formula is C14H18ClN3O. The van der Waals surface area contributed by atoms with Gasteiger partial charge in [0, 0.05) is 11.6 Å². The van der Waals surface area contributed by atoms with Crippen molar-refractivity contribution in [2.45, 2.75) is 25.8 Å². The van der Waals surface area contributed by atoms with E-state index in [2.05, 4.69) is 16.8 Å². The number of likely N-dealkylation sites (tertiary alicyclic amines) is 1. The maximum atomic E-state index is 12.2. The van der Waals surface area contributed by atoms with Crippen molar-refractivity contribution in [3.05, 3.63) is 33.7 Å². The predicted molar refractivity (Wildman–Crippen MR) is 78.0 cm³/mol. The molecule has 1 aromatic heterocycles. The number of hydrogen-bond donors (Lipinski definition) is 1. The van der Waals surface area contributed by atoms with Crippen molar-refractivity contribution in [3.63, 3.8) is 0 Å². The molecule has 2 aromatic rings. The molecule has 1 unspecified atom stereocenters. The van der Waals surface area contributed by atoms with Gasteiger partial charge in [0.15, 0.2) is 0 Å². The average Bonchev–Trinajstić information content (AvgIpc) is 2.74. The van der Waals surface area contributed by atoms with Crippen molar-refractivity contribution in [2.24, 2.45) is 0 Å². The lowest BCUT2D eigenvalue weighted by Crippen LogP contribution is -2.38. The Kier molecular flexibility index (Phi) is 3.37. The van der Waals surface area contributed by atoms with E-state index >= 15 is 0 Å². The highest BCUT2D eigenvalue weighted by molar-refractivity contribution is 6.31. The van der Waals surface area contributed by atoms with Gasteiger partial charge in [-0.05, 0) is 44.1 Å². The van der Waals surface area contributed by atoms with Crippen LogP contribution in [0.1, 0.15) is 25.8 Å². The van der Waals surface area contributed by atoms with Gasteiger partial charge in [-0.25, -0.2) is 4.79 Å². The Morgan fingerprint density at radius 1 is 1.47 bits per heavy atom. The summed E-state index contributed by atoms with van der Waals surface area (Å²) in [5, 5.41) is 0.670. The summed E-state index contributed by atoms with van der Waals surface area (Å²) in [5.74, 6) is 0. The van der Waals surface area contributed by atoms with Crippen molar-refractivity contribution in [2.75, 3.05) is 19.6 Å².